The van der Waals surface area contributed by atoms with Gasteiger partial charge in [-0.1, -0.05) is 11.2 Å². The van der Waals surface area contributed by atoms with Gasteiger partial charge in [0, 0.05) is 31.9 Å². The van der Waals surface area contributed by atoms with E-state index in [0.29, 0.717) is 5.57 Å². The number of carbonyl (C=O) groups excluding carboxylic acids is 5. The van der Waals surface area contributed by atoms with Gasteiger partial charge in [-0.3, -0.25) is 24.1 Å². The van der Waals surface area contributed by atoms with E-state index in [0.717, 1.165) is 18.3 Å². The van der Waals surface area contributed by atoms with Crippen LogP contribution in [0.4, 0.5) is 5.13 Å². The number of nitrogens with one attached hydrogen (secondary N) is 1. The van der Waals surface area contributed by atoms with Crippen LogP contribution in [0.5, 0.6) is 0 Å². The minimum Gasteiger partial charge on any atom is -0.462 e. The first-order valence-corrected chi connectivity index (χ1v) is 13.0. The number of hydrogen-bond acceptors (Lipinski definition) is 14. The van der Waals surface area contributed by atoms with Crippen molar-refractivity contribution in [3.63, 3.8) is 0 Å². The van der Waals surface area contributed by atoms with E-state index in [-0.39, 0.29) is 34.6 Å². The standard InChI is InChI=1S/C22H25N5O9S2/c1-10(28)34-7-5-6-13-8-37-20-16(25-18(30)15(26-33-4)14-9-38-22(23)24-14)19(31)27(20)17(13)21(32)36-12(3)35-11(2)29/h5-6,9,12,16,20H,7-8H2,1-4H3,(H2,23,24)(H,25,30)/t12?,16?,20-/m0/s1. The highest BCUT2D eigenvalue weighted by atomic mass is 32.2. The van der Waals surface area contributed by atoms with Crippen LogP contribution in [0.3, 0.4) is 0 Å². The Kier molecular flexibility index (Phi) is 9.46. The first-order chi connectivity index (χ1) is 18.0. The molecule has 0 bridgehead atoms. The van der Waals surface area contributed by atoms with Gasteiger partial charge in [0.25, 0.3) is 11.8 Å². The fraction of sp³-hybridized carbons (Fsp3) is 0.409. The molecule has 0 radical (unpaired) electrons. The van der Waals surface area contributed by atoms with Gasteiger partial charge < -0.3 is 30.1 Å². The lowest BCUT2D eigenvalue weighted by molar-refractivity contribution is -0.182. The Labute approximate surface area is 225 Å². The first-order valence-electron chi connectivity index (χ1n) is 11.0. The van der Waals surface area contributed by atoms with E-state index < -0.39 is 47.4 Å². The fourth-order valence-corrected chi connectivity index (χ4v) is 5.35. The molecule has 3 heterocycles. The highest BCUT2D eigenvalue weighted by Gasteiger charge is 2.54. The van der Waals surface area contributed by atoms with Crippen molar-refractivity contribution in [3.05, 3.63) is 34.5 Å². The number of nitrogen functional groups attached to an aromatic ring is 1. The molecule has 16 heteroatoms. The molecular formula is C22H25N5O9S2. The number of allylic oxidation sites excluding steroid dienone is 1. The average Bonchev–Trinajstić information content (AvgIpc) is 3.27. The molecule has 2 aliphatic rings. The molecule has 2 aliphatic heterocycles. The van der Waals surface area contributed by atoms with Crippen LogP contribution in [0.25, 0.3) is 0 Å². The minimum atomic E-state index is -1.21. The summed E-state index contributed by atoms with van der Waals surface area (Å²) in [4.78, 5) is 71.4. The van der Waals surface area contributed by atoms with Gasteiger partial charge in [-0.25, -0.2) is 9.78 Å². The molecule has 3 N–H and O–H groups in total. The van der Waals surface area contributed by atoms with Crippen molar-refractivity contribution in [1.29, 1.82) is 0 Å². The summed E-state index contributed by atoms with van der Waals surface area (Å²) in [6.07, 6.45) is 1.84. The zero-order chi connectivity index (χ0) is 28.0. The summed E-state index contributed by atoms with van der Waals surface area (Å²) in [5.41, 5.74) is 5.98. The number of esters is 3. The lowest BCUT2D eigenvalue weighted by atomic mass is 10.0. The third-order valence-corrected chi connectivity index (χ3v) is 6.92. The maximum atomic E-state index is 13.2. The number of amides is 2. The van der Waals surface area contributed by atoms with E-state index in [1.807, 2.05) is 0 Å². The number of carbonyl (C=O) groups is 5. The second-order valence-electron chi connectivity index (χ2n) is 7.72. The second kappa shape index (κ2) is 12.6. The Balaban J connectivity index is 1.82. The molecule has 38 heavy (non-hydrogen) atoms. The Morgan fingerprint density at radius 3 is 2.63 bits per heavy atom. The smallest absolute Gasteiger partial charge is 0.358 e. The number of thioether (sulfide) groups is 1. The van der Waals surface area contributed by atoms with Crippen molar-refractivity contribution in [1.82, 2.24) is 15.2 Å². The number of β-lactam (4-membered cyclic amide) rings is 1. The molecule has 204 valence electrons. The molecule has 3 atom stereocenters. The van der Waals surface area contributed by atoms with E-state index >= 15 is 0 Å². The number of oxime groups is 1. The van der Waals surface area contributed by atoms with Crippen LogP contribution in [0.15, 0.2) is 34.0 Å². The van der Waals surface area contributed by atoms with Crippen molar-refractivity contribution < 1.29 is 43.0 Å². The molecule has 0 aliphatic carbocycles. The van der Waals surface area contributed by atoms with Crippen LogP contribution in [0.2, 0.25) is 0 Å². The Hall–Kier alpha value is -3.92. The van der Waals surface area contributed by atoms with Crippen LogP contribution in [0.1, 0.15) is 26.5 Å². The van der Waals surface area contributed by atoms with Gasteiger partial charge in [-0.2, -0.15) is 0 Å². The van der Waals surface area contributed by atoms with E-state index in [2.05, 4.69) is 15.5 Å². The predicted octanol–water partition coefficient (Wildman–Crippen LogP) is 0.301. The summed E-state index contributed by atoms with van der Waals surface area (Å²) in [5.74, 6) is -3.09. The zero-order valence-electron chi connectivity index (χ0n) is 20.8. The number of rotatable bonds is 10. The van der Waals surface area contributed by atoms with Crippen molar-refractivity contribution >= 4 is 63.7 Å². The number of hydrogen-bond donors (Lipinski definition) is 2. The maximum Gasteiger partial charge on any atom is 0.358 e. The topological polar surface area (TPSA) is 189 Å². The van der Waals surface area contributed by atoms with Crippen molar-refractivity contribution in [2.75, 3.05) is 25.2 Å². The molecule has 2 amide bonds. The molecule has 1 aromatic rings. The highest BCUT2D eigenvalue weighted by Crippen LogP contribution is 2.41. The van der Waals surface area contributed by atoms with Crippen molar-refractivity contribution in [2.24, 2.45) is 5.16 Å². The van der Waals surface area contributed by atoms with Crippen LogP contribution < -0.4 is 11.1 Å². The predicted molar refractivity (Wildman–Crippen MR) is 135 cm³/mol. The number of nitrogens with zero attached hydrogens (tertiary/aromatic N) is 3. The van der Waals surface area contributed by atoms with E-state index in [4.69, 9.17) is 24.8 Å². The quantitative estimate of drug-likeness (QED) is 0.130. The normalized spacial score (nSPS) is 19.8. The Morgan fingerprint density at radius 2 is 2.03 bits per heavy atom. The summed E-state index contributed by atoms with van der Waals surface area (Å²) in [5, 5.41) is 7.41. The van der Waals surface area contributed by atoms with E-state index in [9.17, 15) is 24.0 Å². The van der Waals surface area contributed by atoms with Gasteiger partial charge in [0.1, 0.15) is 36.5 Å². The lowest BCUT2D eigenvalue weighted by Crippen LogP contribution is -2.71. The summed E-state index contributed by atoms with van der Waals surface area (Å²) in [6.45, 7) is 3.72. The van der Waals surface area contributed by atoms with Crippen LogP contribution in [-0.4, -0.2) is 82.5 Å². The van der Waals surface area contributed by atoms with Crippen molar-refractivity contribution in [3.8, 4) is 0 Å². The summed E-state index contributed by atoms with van der Waals surface area (Å²) in [7, 11) is 1.26. The fourth-order valence-electron chi connectivity index (χ4n) is 3.48. The monoisotopic (exact) mass is 567 g/mol. The van der Waals surface area contributed by atoms with Gasteiger partial charge >= 0.3 is 17.9 Å². The molecular weight excluding hydrogens is 542 g/mol. The lowest BCUT2D eigenvalue weighted by Gasteiger charge is -2.49. The van der Waals surface area contributed by atoms with Crippen LogP contribution in [-0.2, 0) is 43.0 Å². The van der Waals surface area contributed by atoms with Crippen LogP contribution >= 0.6 is 23.1 Å². The Bertz CT molecular complexity index is 1230. The second-order valence-corrected chi connectivity index (χ2v) is 9.71. The minimum absolute atomic E-state index is 0.0471. The van der Waals surface area contributed by atoms with E-state index in [1.165, 1.54) is 55.2 Å². The number of nitrogens with two attached hydrogens (primary N) is 1. The summed E-state index contributed by atoms with van der Waals surface area (Å²) < 4.78 is 15.0. The third kappa shape index (κ3) is 6.69. The summed E-state index contributed by atoms with van der Waals surface area (Å²) in [6, 6.07) is -0.995. The molecule has 1 aromatic heterocycles. The average molecular weight is 568 g/mol. The molecule has 0 saturated carbocycles. The first kappa shape index (κ1) is 28.6. The number of fused-ring (bicyclic) bond motifs is 1. The molecule has 0 aromatic carbocycles. The van der Waals surface area contributed by atoms with E-state index in [1.54, 1.807) is 0 Å². The van der Waals surface area contributed by atoms with Crippen molar-refractivity contribution in [2.45, 2.75) is 38.5 Å². The highest BCUT2D eigenvalue weighted by molar-refractivity contribution is 8.00. The number of aromatic nitrogens is 1. The van der Waals surface area contributed by atoms with Gasteiger partial charge in [-0.15, -0.1) is 23.1 Å². The molecule has 0 spiro atoms. The molecule has 3 rings (SSSR count). The molecule has 14 nitrogen and oxygen atoms in total. The zero-order valence-corrected chi connectivity index (χ0v) is 22.4. The number of anilines is 1. The van der Waals surface area contributed by atoms with Gasteiger partial charge in [0.2, 0.25) is 6.29 Å². The third-order valence-electron chi connectivity index (χ3n) is 4.95. The SMILES string of the molecule is CON=C(C(=O)NC1C(=O)N2C(C(=O)OC(C)OC(C)=O)=C(C=CCOC(C)=O)CS[C@@H]12)c1csc(N)n1. The number of thiazole rings is 1. The molecule has 1 fully saturated rings. The van der Waals surface area contributed by atoms with Crippen LogP contribution in [0, 0.1) is 0 Å². The largest absolute Gasteiger partial charge is 0.462 e. The van der Waals surface area contributed by atoms with Gasteiger partial charge in [-0.05, 0) is 11.6 Å². The maximum absolute atomic E-state index is 13.2. The molecule has 2 unspecified atom stereocenters. The van der Waals surface area contributed by atoms with Gasteiger partial charge in [0.15, 0.2) is 10.8 Å². The molecule has 1 saturated heterocycles. The van der Waals surface area contributed by atoms with Gasteiger partial charge in [0.05, 0.1) is 0 Å². The number of ether oxygens (including phenoxy) is 3. The summed E-state index contributed by atoms with van der Waals surface area (Å²) >= 11 is 2.39. The Morgan fingerprint density at radius 1 is 1.29 bits per heavy atom.